The van der Waals surface area contributed by atoms with Crippen molar-refractivity contribution < 1.29 is 9.13 Å². The molecule has 2 aromatic carbocycles. The highest BCUT2D eigenvalue weighted by molar-refractivity contribution is 5.28. The largest absolute Gasteiger partial charge is 0.492 e. The Kier molecular flexibility index (Phi) is 5.76. The number of ether oxygens (including phenoxy) is 1. The first-order valence-corrected chi connectivity index (χ1v) is 7.42. The lowest BCUT2D eigenvalue weighted by Crippen LogP contribution is -2.20. The first kappa shape index (κ1) is 15.5. The number of hydrogen-bond donors (Lipinski definition) is 1. The molecular weight excluding hydrogens is 265 g/mol. The number of hydrogen-bond acceptors (Lipinski definition) is 2. The molecule has 0 fully saturated rings. The van der Waals surface area contributed by atoms with E-state index in [1.807, 2.05) is 12.1 Å². The van der Waals surface area contributed by atoms with Gasteiger partial charge >= 0.3 is 0 Å². The Morgan fingerprint density at radius 3 is 2.48 bits per heavy atom. The molecule has 0 spiro atoms. The lowest BCUT2D eigenvalue weighted by molar-refractivity contribution is 0.287. The van der Waals surface area contributed by atoms with Crippen LogP contribution in [0.5, 0.6) is 5.75 Å². The molecule has 2 nitrogen and oxygen atoms in total. The summed E-state index contributed by atoms with van der Waals surface area (Å²) in [6.45, 7) is 2.44. The van der Waals surface area contributed by atoms with Gasteiger partial charge in [0.2, 0.25) is 0 Å². The fraction of sp³-hybridized carbons (Fsp3) is 0.333. The zero-order valence-corrected chi connectivity index (χ0v) is 12.4. The summed E-state index contributed by atoms with van der Waals surface area (Å²) >= 11 is 0. The molecular formula is C18H22FNO. The van der Waals surface area contributed by atoms with Crippen molar-refractivity contribution in [3.8, 4) is 5.75 Å². The van der Waals surface area contributed by atoms with Crippen molar-refractivity contribution in [2.75, 3.05) is 6.61 Å². The van der Waals surface area contributed by atoms with Crippen molar-refractivity contribution >= 4 is 0 Å². The molecule has 112 valence electrons. The topological polar surface area (TPSA) is 35.2 Å². The Balaban J connectivity index is 1.89. The van der Waals surface area contributed by atoms with Gasteiger partial charge in [-0.2, -0.15) is 0 Å². The van der Waals surface area contributed by atoms with E-state index in [4.69, 9.17) is 10.5 Å². The molecule has 0 saturated carbocycles. The maximum Gasteiger partial charge on any atom is 0.128 e. The van der Waals surface area contributed by atoms with Crippen molar-refractivity contribution in [2.45, 2.75) is 32.2 Å². The number of unbranched alkanes of at least 4 members (excludes halogenated alkanes) is 1. The van der Waals surface area contributed by atoms with Gasteiger partial charge in [0, 0.05) is 5.56 Å². The average Bonchev–Trinajstić information content (AvgIpc) is 2.52. The standard InChI is InChI=1S/C18H22FNO/c1-2-3-6-14-9-11-15(12-10-14)21-13-18(20)16-7-4-5-8-17(16)19/h4-5,7-12,18H,2-3,6,13,20H2,1H3. The van der Waals surface area contributed by atoms with Gasteiger partial charge in [-0.1, -0.05) is 43.7 Å². The number of nitrogens with two attached hydrogens (primary N) is 1. The molecule has 0 aliphatic carbocycles. The predicted octanol–water partition coefficient (Wildman–Crippen LogP) is 4.25. The van der Waals surface area contributed by atoms with Crippen LogP contribution in [-0.2, 0) is 6.42 Å². The highest BCUT2D eigenvalue weighted by Crippen LogP contribution is 2.18. The van der Waals surface area contributed by atoms with Crippen molar-refractivity contribution in [1.82, 2.24) is 0 Å². The zero-order valence-electron chi connectivity index (χ0n) is 12.4. The van der Waals surface area contributed by atoms with Crippen molar-refractivity contribution in [3.05, 3.63) is 65.5 Å². The van der Waals surface area contributed by atoms with Crippen LogP contribution >= 0.6 is 0 Å². The molecule has 2 N–H and O–H groups in total. The third-order valence-electron chi connectivity index (χ3n) is 3.48. The van der Waals surface area contributed by atoms with Crippen molar-refractivity contribution in [2.24, 2.45) is 5.73 Å². The van der Waals surface area contributed by atoms with Crippen LogP contribution in [0.2, 0.25) is 0 Å². The van der Waals surface area contributed by atoms with Crippen molar-refractivity contribution in [3.63, 3.8) is 0 Å². The minimum Gasteiger partial charge on any atom is -0.492 e. The van der Waals surface area contributed by atoms with E-state index in [-0.39, 0.29) is 12.4 Å². The summed E-state index contributed by atoms with van der Waals surface area (Å²) in [5.74, 6) is 0.477. The predicted molar refractivity (Wildman–Crippen MR) is 83.9 cm³/mol. The molecule has 0 aliphatic heterocycles. The summed E-state index contributed by atoms with van der Waals surface area (Å²) in [6, 6.07) is 14.1. The van der Waals surface area contributed by atoms with Crippen LogP contribution in [0.15, 0.2) is 48.5 Å². The second-order valence-corrected chi connectivity index (χ2v) is 5.19. The minimum atomic E-state index is -0.467. The molecule has 2 aromatic rings. The number of benzene rings is 2. The Hall–Kier alpha value is -1.87. The van der Waals surface area contributed by atoms with Gasteiger partial charge in [0.25, 0.3) is 0 Å². The van der Waals surface area contributed by atoms with E-state index in [2.05, 4.69) is 19.1 Å². The summed E-state index contributed by atoms with van der Waals surface area (Å²) in [5.41, 5.74) is 7.77. The third kappa shape index (κ3) is 4.57. The second-order valence-electron chi connectivity index (χ2n) is 5.19. The van der Waals surface area contributed by atoms with Crippen molar-refractivity contribution in [1.29, 1.82) is 0 Å². The summed E-state index contributed by atoms with van der Waals surface area (Å²) in [5, 5.41) is 0. The van der Waals surface area contributed by atoms with Crippen LogP contribution in [0, 0.1) is 5.82 Å². The van der Waals surface area contributed by atoms with E-state index in [0.717, 1.165) is 12.2 Å². The summed E-state index contributed by atoms with van der Waals surface area (Å²) in [7, 11) is 0. The summed E-state index contributed by atoms with van der Waals surface area (Å²) < 4.78 is 19.2. The van der Waals surface area contributed by atoms with Crippen LogP contribution in [0.1, 0.15) is 36.9 Å². The molecule has 1 unspecified atom stereocenters. The Morgan fingerprint density at radius 1 is 1.10 bits per heavy atom. The molecule has 0 heterocycles. The van der Waals surface area contributed by atoms with E-state index in [1.165, 1.54) is 24.5 Å². The summed E-state index contributed by atoms with van der Waals surface area (Å²) in [4.78, 5) is 0. The molecule has 3 heteroatoms. The lowest BCUT2D eigenvalue weighted by Gasteiger charge is -2.14. The van der Waals surface area contributed by atoms with Gasteiger partial charge in [0.15, 0.2) is 0 Å². The van der Waals surface area contributed by atoms with Gasteiger partial charge in [-0.3, -0.25) is 0 Å². The molecule has 2 rings (SSSR count). The number of aryl methyl sites for hydroxylation is 1. The molecule has 0 amide bonds. The number of halogens is 1. The Morgan fingerprint density at radius 2 is 1.81 bits per heavy atom. The SMILES string of the molecule is CCCCc1ccc(OCC(N)c2ccccc2F)cc1. The maximum atomic E-state index is 13.6. The number of rotatable bonds is 7. The second kappa shape index (κ2) is 7.79. The van der Waals surface area contributed by atoms with E-state index >= 15 is 0 Å². The maximum absolute atomic E-state index is 13.6. The molecule has 21 heavy (non-hydrogen) atoms. The molecule has 0 bridgehead atoms. The van der Waals surface area contributed by atoms with Gasteiger partial charge < -0.3 is 10.5 Å². The van der Waals surface area contributed by atoms with Gasteiger partial charge in [-0.25, -0.2) is 4.39 Å². The van der Waals surface area contributed by atoms with Crippen LogP contribution in [0.4, 0.5) is 4.39 Å². The van der Waals surface area contributed by atoms with Gasteiger partial charge in [0.1, 0.15) is 18.2 Å². The fourth-order valence-corrected chi connectivity index (χ4v) is 2.18. The molecule has 0 aliphatic rings. The first-order chi connectivity index (χ1) is 10.2. The fourth-order valence-electron chi connectivity index (χ4n) is 2.18. The van der Waals surface area contributed by atoms with E-state index < -0.39 is 6.04 Å². The first-order valence-electron chi connectivity index (χ1n) is 7.42. The highest BCUT2D eigenvalue weighted by Gasteiger charge is 2.11. The smallest absolute Gasteiger partial charge is 0.128 e. The Labute approximate surface area is 125 Å². The minimum absolute atomic E-state index is 0.259. The van der Waals surface area contributed by atoms with Gasteiger partial charge in [-0.15, -0.1) is 0 Å². The monoisotopic (exact) mass is 287 g/mol. The average molecular weight is 287 g/mol. The quantitative estimate of drug-likeness (QED) is 0.826. The van der Waals surface area contributed by atoms with Crippen LogP contribution in [0.25, 0.3) is 0 Å². The molecule has 0 saturated heterocycles. The van der Waals surface area contributed by atoms with Gasteiger partial charge in [0.05, 0.1) is 6.04 Å². The van der Waals surface area contributed by atoms with Crippen LogP contribution in [0.3, 0.4) is 0 Å². The highest BCUT2D eigenvalue weighted by atomic mass is 19.1. The molecule has 0 radical (unpaired) electrons. The summed E-state index contributed by atoms with van der Waals surface area (Å²) in [6.07, 6.45) is 3.47. The zero-order chi connectivity index (χ0) is 15.1. The third-order valence-corrected chi connectivity index (χ3v) is 3.48. The Bertz CT molecular complexity index is 553. The van der Waals surface area contributed by atoms with E-state index in [0.29, 0.717) is 5.56 Å². The van der Waals surface area contributed by atoms with E-state index in [9.17, 15) is 4.39 Å². The lowest BCUT2D eigenvalue weighted by atomic mass is 10.1. The van der Waals surface area contributed by atoms with Crippen LogP contribution in [-0.4, -0.2) is 6.61 Å². The van der Waals surface area contributed by atoms with E-state index in [1.54, 1.807) is 18.2 Å². The van der Waals surface area contributed by atoms with Crippen LogP contribution < -0.4 is 10.5 Å². The normalized spacial score (nSPS) is 12.1. The molecule has 0 aromatic heterocycles. The van der Waals surface area contributed by atoms with Gasteiger partial charge in [-0.05, 0) is 36.6 Å². The molecule has 1 atom stereocenters.